The van der Waals surface area contributed by atoms with Gasteiger partial charge in [-0.05, 0) is 79.3 Å². The third kappa shape index (κ3) is 7.68. The first-order chi connectivity index (χ1) is 17.0. The standard InChI is InChI=1S/C29H30O3S3/c1-32-22-8-12-25(13-9-22)35-27-16-14-26(15-17-27)34-24-10-6-20(7-11-24)18-23(33)19-21-4-2-3-5-28(21)29(30)31/h2-7,10-11,14-17,22,25H,8-9,12-13,18-19H2,1H3,(H,30,31). The summed E-state index contributed by atoms with van der Waals surface area (Å²) < 4.78 is 5.49. The van der Waals surface area contributed by atoms with Crippen LogP contribution >= 0.6 is 35.7 Å². The fraction of sp³-hybridized carbons (Fsp3) is 0.310. The fourth-order valence-electron chi connectivity index (χ4n) is 4.36. The molecule has 0 aromatic heterocycles. The van der Waals surface area contributed by atoms with Crippen molar-refractivity contribution in [1.82, 2.24) is 0 Å². The van der Waals surface area contributed by atoms with Gasteiger partial charge in [-0.25, -0.2) is 4.79 Å². The number of hydrogen-bond acceptors (Lipinski definition) is 5. The molecule has 3 aromatic rings. The van der Waals surface area contributed by atoms with Gasteiger partial charge in [0.25, 0.3) is 0 Å². The van der Waals surface area contributed by atoms with E-state index in [1.165, 1.54) is 40.4 Å². The molecular weight excluding hydrogens is 493 g/mol. The van der Waals surface area contributed by atoms with Crippen LogP contribution in [-0.4, -0.2) is 34.4 Å². The van der Waals surface area contributed by atoms with Gasteiger partial charge in [-0.2, -0.15) is 0 Å². The zero-order valence-electron chi connectivity index (χ0n) is 19.8. The molecule has 3 aromatic carbocycles. The number of carbonyl (C=O) groups is 1. The van der Waals surface area contributed by atoms with Crippen LogP contribution < -0.4 is 0 Å². The predicted octanol–water partition coefficient (Wildman–Crippen LogP) is 7.74. The summed E-state index contributed by atoms with van der Waals surface area (Å²) in [7, 11) is 1.82. The van der Waals surface area contributed by atoms with Crippen LogP contribution in [0.1, 0.15) is 47.2 Å². The highest BCUT2D eigenvalue weighted by atomic mass is 32.2. The molecule has 182 valence electrons. The van der Waals surface area contributed by atoms with Gasteiger partial charge in [0.15, 0.2) is 0 Å². The van der Waals surface area contributed by atoms with Gasteiger partial charge in [0, 0.05) is 44.8 Å². The first kappa shape index (κ1) is 26.0. The largest absolute Gasteiger partial charge is 0.478 e. The molecule has 1 aliphatic rings. The maximum absolute atomic E-state index is 11.4. The van der Waals surface area contributed by atoms with E-state index in [2.05, 4.69) is 48.5 Å². The molecule has 1 aliphatic carbocycles. The van der Waals surface area contributed by atoms with Crippen LogP contribution in [0.2, 0.25) is 0 Å². The van der Waals surface area contributed by atoms with E-state index < -0.39 is 5.97 Å². The Bertz CT molecular complexity index is 1130. The fourth-order valence-corrected chi connectivity index (χ4v) is 6.69. The normalized spacial score (nSPS) is 17.7. The molecule has 0 bridgehead atoms. The van der Waals surface area contributed by atoms with E-state index in [9.17, 15) is 9.90 Å². The van der Waals surface area contributed by atoms with Crippen LogP contribution in [0.5, 0.6) is 0 Å². The molecule has 0 radical (unpaired) electrons. The molecule has 0 heterocycles. The number of methoxy groups -OCH3 is 1. The summed E-state index contributed by atoms with van der Waals surface area (Å²) >= 11 is 9.33. The number of carboxylic acids is 1. The minimum atomic E-state index is -0.911. The molecular formula is C29H30O3S3. The first-order valence-corrected chi connectivity index (χ1v) is 14.0. The number of rotatable bonds is 10. The van der Waals surface area contributed by atoms with Gasteiger partial charge in [-0.3, -0.25) is 0 Å². The van der Waals surface area contributed by atoms with E-state index in [1.54, 1.807) is 23.9 Å². The van der Waals surface area contributed by atoms with Gasteiger partial charge < -0.3 is 9.84 Å². The maximum Gasteiger partial charge on any atom is 0.335 e. The van der Waals surface area contributed by atoms with Gasteiger partial charge in [-0.15, -0.1) is 11.8 Å². The van der Waals surface area contributed by atoms with Crippen LogP contribution in [0.3, 0.4) is 0 Å². The molecule has 6 heteroatoms. The molecule has 1 fully saturated rings. The molecule has 1 N–H and O–H groups in total. The topological polar surface area (TPSA) is 46.5 Å². The van der Waals surface area contributed by atoms with Crippen molar-refractivity contribution < 1.29 is 14.6 Å². The van der Waals surface area contributed by atoms with E-state index in [4.69, 9.17) is 17.0 Å². The molecule has 35 heavy (non-hydrogen) atoms. The van der Waals surface area contributed by atoms with E-state index in [0.717, 1.165) is 16.0 Å². The molecule has 4 rings (SSSR count). The number of thioether (sulfide) groups is 1. The number of thiocarbonyl (C=S) groups is 1. The highest BCUT2D eigenvalue weighted by Gasteiger charge is 2.21. The second-order valence-electron chi connectivity index (χ2n) is 8.82. The Labute approximate surface area is 221 Å². The van der Waals surface area contributed by atoms with Crippen molar-refractivity contribution in [3.8, 4) is 0 Å². The van der Waals surface area contributed by atoms with Crippen molar-refractivity contribution in [1.29, 1.82) is 0 Å². The van der Waals surface area contributed by atoms with Crippen LogP contribution in [0.25, 0.3) is 0 Å². The predicted molar refractivity (Wildman–Crippen MR) is 149 cm³/mol. The van der Waals surface area contributed by atoms with Crippen molar-refractivity contribution >= 4 is 46.6 Å². The summed E-state index contributed by atoms with van der Waals surface area (Å²) in [6.45, 7) is 0. The lowest BCUT2D eigenvalue weighted by Crippen LogP contribution is -2.21. The van der Waals surface area contributed by atoms with Gasteiger partial charge in [0.1, 0.15) is 0 Å². The number of benzene rings is 3. The molecule has 0 spiro atoms. The summed E-state index contributed by atoms with van der Waals surface area (Å²) in [4.78, 5) is 16.0. The van der Waals surface area contributed by atoms with E-state index in [-0.39, 0.29) is 0 Å². The zero-order valence-corrected chi connectivity index (χ0v) is 22.3. The third-order valence-electron chi connectivity index (χ3n) is 6.28. The molecule has 1 saturated carbocycles. The lowest BCUT2D eigenvalue weighted by Gasteiger charge is -2.27. The Morgan fingerprint density at radius 1 is 0.886 bits per heavy atom. The van der Waals surface area contributed by atoms with Gasteiger partial charge >= 0.3 is 5.97 Å². The van der Waals surface area contributed by atoms with Gasteiger partial charge in [0.2, 0.25) is 0 Å². The van der Waals surface area contributed by atoms with Crippen molar-refractivity contribution in [2.75, 3.05) is 7.11 Å². The first-order valence-electron chi connectivity index (χ1n) is 11.9. The Hall–Kier alpha value is -2.12. The van der Waals surface area contributed by atoms with Crippen LogP contribution in [0, 0.1) is 0 Å². The Morgan fingerprint density at radius 2 is 1.49 bits per heavy atom. The zero-order chi connectivity index (χ0) is 24.6. The van der Waals surface area contributed by atoms with E-state index in [1.807, 2.05) is 31.0 Å². The van der Waals surface area contributed by atoms with Crippen LogP contribution in [0.4, 0.5) is 0 Å². The number of carboxylic acid groups (broad SMARTS) is 1. The lowest BCUT2D eigenvalue weighted by molar-refractivity contribution is 0.0695. The minimum Gasteiger partial charge on any atom is -0.478 e. The van der Waals surface area contributed by atoms with Crippen molar-refractivity contribution in [2.24, 2.45) is 0 Å². The summed E-state index contributed by atoms with van der Waals surface area (Å²) in [5.74, 6) is -0.911. The average molecular weight is 523 g/mol. The lowest BCUT2D eigenvalue weighted by atomic mass is 9.97. The third-order valence-corrected chi connectivity index (χ3v) is 8.93. The van der Waals surface area contributed by atoms with Crippen molar-refractivity contribution in [3.05, 3.63) is 89.5 Å². The number of ether oxygens (including phenoxy) is 1. The summed E-state index contributed by atoms with van der Waals surface area (Å²) in [6.07, 6.45) is 6.38. The smallest absolute Gasteiger partial charge is 0.335 e. The van der Waals surface area contributed by atoms with E-state index in [0.29, 0.717) is 29.8 Å². The summed E-state index contributed by atoms with van der Waals surface area (Å²) in [6, 6.07) is 24.4. The summed E-state index contributed by atoms with van der Waals surface area (Å²) in [5.41, 5.74) is 2.23. The number of hydrogen-bond donors (Lipinski definition) is 1. The van der Waals surface area contributed by atoms with Crippen LogP contribution in [0.15, 0.2) is 87.5 Å². The summed E-state index contributed by atoms with van der Waals surface area (Å²) in [5, 5.41) is 10.1. The quantitative estimate of drug-likeness (QED) is 0.275. The van der Waals surface area contributed by atoms with Gasteiger partial charge in [-0.1, -0.05) is 54.3 Å². The maximum atomic E-state index is 11.4. The second-order valence-corrected chi connectivity index (χ2v) is 11.9. The Morgan fingerprint density at radius 3 is 2.11 bits per heavy atom. The van der Waals surface area contributed by atoms with Crippen molar-refractivity contribution in [2.45, 2.75) is 64.6 Å². The van der Waals surface area contributed by atoms with Gasteiger partial charge in [0.05, 0.1) is 11.7 Å². The molecule has 0 amide bonds. The monoisotopic (exact) mass is 522 g/mol. The minimum absolute atomic E-state index is 0.324. The Kier molecular flexibility index (Phi) is 9.44. The molecule has 3 nitrogen and oxygen atoms in total. The van der Waals surface area contributed by atoms with Crippen molar-refractivity contribution in [3.63, 3.8) is 0 Å². The van der Waals surface area contributed by atoms with Crippen LogP contribution in [-0.2, 0) is 17.6 Å². The Balaban J connectivity index is 1.27. The highest BCUT2D eigenvalue weighted by molar-refractivity contribution is 8.00. The highest BCUT2D eigenvalue weighted by Crippen LogP contribution is 2.36. The molecule has 0 unspecified atom stereocenters. The molecule has 0 atom stereocenters. The average Bonchev–Trinajstić information content (AvgIpc) is 2.87. The second kappa shape index (κ2) is 12.7. The molecule has 0 aliphatic heterocycles. The van der Waals surface area contributed by atoms with E-state index >= 15 is 0 Å². The molecule has 0 saturated heterocycles. The SMILES string of the molecule is COC1CCC(Sc2ccc(Sc3ccc(CC(=S)Cc4ccccc4C(=O)O)cc3)cc2)CC1. The number of aromatic carboxylic acids is 1.